The minimum Gasteiger partial charge on any atom is -0.481 e. The highest BCUT2D eigenvalue weighted by molar-refractivity contribution is 5.82. The lowest BCUT2D eigenvalue weighted by atomic mass is 9.76. The molecule has 17 heavy (non-hydrogen) atoms. The topological polar surface area (TPSA) is 66.4 Å². The Morgan fingerprint density at radius 1 is 1.18 bits per heavy atom. The summed E-state index contributed by atoms with van der Waals surface area (Å²) in [4.78, 5) is 21.2. The molecular weight excluding hydrogens is 239 g/mol. The summed E-state index contributed by atoms with van der Waals surface area (Å²) in [7, 11) is 0. The molecule has 1 amide bonds. The molecule has 1 unspecified atom stereocenters. The molecule has 2 aliphatic carbocycles. The van der Waals surface area contributed by atoms with Gasteiger partial charge in [0, 0.05) is 6.04 Å². The van der Waals surface area contributed by atoms with Crippen LogP contribution in [-0.4, -0.2) is 29.2 Å². The number of carboxylic acids is 1. The number of carboxylic acid groups (broad SMARTS) is 1. The first-order valence-electron chi connectivity index (χ1n) is 5.39. The molecule has 0 saturated heterocycles. The molecule has 0 aromatic heterocycles. The molecule has 96 valence electrons. The minimum atomic E-state index is -4.84. The quantitative estimate of drug-likeness (QED) is 0.791. The van der Waals surface area contributed by atoms with E-state index in [1.165, 1.54) is 0 Å². The van der Waals surface area contributed by atoms with Crippen LogP contribution in [0.4, 0.5) is 13.2 Å². The predicted molar refractivity (Wildman–Crippen MR) is 49.9 cm³/mol. The van der Waals surface area contributed by atoms with Gasteiger partial charge in [0.05, 0.1) is 5.92 Å². The van der Waals surface area contributed by atoms with Gasteiger partial charge in [-0.1, -0.05) is 0 Å². The van der Waals surface area contributed by atoms with E-state index in [4.69, 9.17) is 5.11 Å². The standard InChI is InChI=1S/C10H12F3NO3/c11-10(12,13)9(17)14-5-1-4(2-5)6-3-7(6)8(15)16/h4-7H,1-3H2,(H,14,17)(H,15,16)/t4?,5?,6?,7-/m0/s1. The van der Waals surface area contributed by atoms with Gasteiger partial charge in [-0.15, -0.1) is 0 Å². The Hall–Kier alpha value is -1.27. The van der Waals surface area contributed by atoms with E-state index in [9.17, 15) is 22.8 Å². The summed E-state index contributed by atoms with van der Waals surface area (Å²) in [5, 5.41) is 10.6. The van der Waals surface area contributed by atoms with E-state index in [1.54, 1.807) is 0 Å². The van der Waals surface area contributed by atoms with Gasteiger partial charge in [-0.25, -0.2) is 0 Å². The maximum Gasteiger partial charge on any atom is 0.471 e. The fourth-order valence-electron chi connectivity index (χ4n) is 2.42. The van der Waals surface area contributed by atoms with Crippen LogP contribution < -0.4 is 5.32 Å². The second kappa shape index (κ2) is 3.89. The van der Waals surface area contributed by atoms with Crippen molar-refractivity contribution in [3.63, 3.8) is 0 Å². The number of rotatable bonds is 3. The summed E-state index contributed by atoms with van der Waals surface area (Å²) in [6.45, 7) is 0. The van der Waals surface area contributed by atoms with Gasteiger partial charge in [0.25, 0.3) is 0 Å². The monoisotopic (exact) mass is 251 g/mol. The Balaban J connectivity index is 1.70. The molecule has 0 aromatic carbocycles. The highest BCUT2D eigenvalue weighted by atomic mass is 19.4. The molecule has 0 heterocycles. The number of carbonyl (C=O) groups is 2. The number of alkyl halides is 3. The van der Waals surface area contributed by atoms with Crippen LogP contribution in [0, 0.1) is 17.8 Å². The number of hydrogen-bond donors (Lipinski definition) is 2. The number of carbonyl (C=O) groups excluding carboxylic acids is 1. The zero-order valence-corrected chi connectivity index (χ0v) is 8.83. The van der Waals surface area contributed by atoms with Crippen molar-refractivity contribution in [2.75, 3.05) is 0 Å². The van der Waals surface area contributed by atoms with Gasteiger partial charge in [-0.2, -0.15) is 13.2 Å². The van der Waals surface area contributed by atoms with E-state index in [-0.39, 0.29) is 17.8 Å². The molecule has 2 rings (SSSR count). The number of halogens is 3. The predicted octanol–water partition coefficient (Wildman–Crippen LogP) is 1.16. The summed E-state index contributed by atoms with van der Waals surface area (Å²) in [5.41, 5.74) is 0. The fraction of sp³-hybridized carbons (Fsp3) is 0.800. The smallest absolute Gasteiger partial charge is 0.471 e. The molecule has 0 bridgehead atoms. The van der Waals surface area contributed by atoms with Gasteiger partial charge in [-0.05, 0) is 31.1 Å². The van der Waals surface area contributed by atoms with Crippen molar-refractivity contribution in [1.29, 1.82) is 0 Å². The van der Waals surface area contributed by atoms with Crippen molar-refractivity contribution in [2.24, 2.45) is 17.8 Å². The van der Waals surface area contributed by atoms with Crippen LogP contribution in [0.3, 0.4) is 0 Å². The van der Waals surface area contributed by atoms with E-state index < -0.39 is 24.1 Å². The first-order valence-corrected chi connectivity index (χ1v) is 5.39. The van der Waals surface area contributed by atoms with Gasteiger partial charge in [0.2, 0.25) is 0 Å². The normalized spacial score (nSPS) is 35.9. The van der Waals surface area contributed by atoms with Crippen LogP contribution >= 0.6 is 0 Å². The Labute approximate surface area is 95.2 Å². The van der Waals surface area contributed by atoms with E-state index in [0.29, 0.717) is 19.3 Å². The van der Waals surface area contributed by atoms with Crippen LogP contribution in [0.25, 0.3) is 0 Å². The zero-order chi connectivity index (χ0) is 12.8. The molecule has 0 aromatic rings. The maximum absolute atomic E-state index is 11.9. The molecule has 2 N–H and O–H groups in total. The lowest BCUT2D eigenvalue weighted by molar-refractivity contribution is -0.175. The summed E-state index contributed by atoms with van der Waals surface area (Å²) in [6.07, 6.45) is -3.32. The summed E-state index contributed by atoms with van der Waals surface area (Å²) < 4.78 is 35.7. The van der Waals surface area contributed by atoms with Gasteiger partial charge in [0.15, 0.2) is 0 Å². The van der Waals surface area contributed by atoms with Crippen molar-refractivity contribution in [1.82, 2.24) is 5.32 Å². The van der Waals surface area contributed by atoms with Crippen LogP contribution in [0.2, 0.25) is 0 Å². The first-order chi connectivity index (χ1) is 7.79. The first kappa shape index (κ1) is 12.2. The molecule has 2 fully saturated rings. The third-order valence-corrected chi connectivity index (χ3v) is 3.53. The van der Waals surface area contributed by atoms with E-state index >= 15 is 0 Å². The number of aliphatic carboxylic acids is 1. The van der Waals surface area contributed by atoms with Crippen molar-refractivity contribution in [3.8, 4) is 0 Å². The molecule has 0 radical (unpaired) electrons. The Kier molecular flexibility index (Phi) is 2.79. The molecule has 0 aliphatic heterocycles. The molecule has 4 nitrogen and oxygen atoms in total. The van der Waals surface area contributed by atoms with Gasteiger partial charge in [-0.3, -0.25) is 9.59 Å². The fourth-order valence-corrected chi connectivity index (χ4v) is 2.42. The van der Waals surface area contributed by atoms with Crippen LogP contribution in [0.15, 0.2) is 0 Å². The molecule has 2 saturated carbocycles. The lowest BCUT2D eigenvalue weighted by Gasteiger charge is -2.36. The van der Waals surface area contributed by atoms with E-state index in [2.05, 4.69) is 0 Å². The van der Waals surface area contributed by atoms with Crippen LogP contribution in [-0.2, 0) is 9.59 Å². The van der Waals surface area contributed by atoms with E-state index in [1.807, 2.05) is 5.32 Å². The van der Waals surface area contributed by atoms with E-state index in [0.717, 1.165) is 0 Å². The molecular formula is C10H12F3NO3. The number of nitrogens with one attached hydrogen (secondary N) is 1. The number of hydrogen-bond acceptors (Lipinski definition) is 2. The molecule has 7 heteroatoms. The van der Waals surface area contributed by atoms with Crippen molar-refractivity contribution in [3.05, 3.63) is 0 Å². The SMILES string of the molecule is O=C(O)[C@H]1CC1C1CC(NC(=O)C(F)(F)F)C1. The molecule has 2 atom stereocenters. The highest BCUT2D eigenvalue weighted by Crippen LogP contribution is 2.51. The Morgan fingerprint density at radius 2 is 1.76 bits per heavy atom. The highest BCUT2D eigenvalue weighted by Gasteiger charge is 2.52. The van der Waals surface area contributed by atoms with Gasteiger partial charge >= 0.3 is 18.1 Å². The van der Waals surface area contributed by atoms with Crippen LogP contribution in [0.1, 0.15) is 19.3 Å². The second-order valence-electron chi connectivity index (χ2n) is 4.74. The minimum absolute atomic E-state index is 0.0894. The third-order valence-electron chi connectivity index (χ3n) is 3.53. The van der Waals surface area contributed by atoms with Gasteiger partial charge < -0.3 is 10.4 Å². The van der Waals surface area contributed by atoms with Gasteiger partial charge in [0.1, 0.15) is 0 Å². The zero-order valence-electron chi connectivity index (χ0n) is 8.83. The number of amides is 1. The molecule has 0 spiro atoms. The maximum atomic E-state index is 11.9. The van der Waals surface area contributed by atoms with Crippen LogP contribution in [0.5, 0.6) is 0 Å². The summed E-state index contributed by atoms with van der Waals surface area (Å²) in [5.74, 6) is -2.84. The third kappa shape index (κ3) is 2.53. The average molecular weight is 251 g/mol. The average Bonchev–Trinajstić information content (AvgIpc) is 2.87. The van der Waals surface area contributed by atoms with Crippen molar-refractivity contribution in [2.45, 2.75) is 31.5 Å². The van der Waals surface area contributed by atoms with Crippen molar-refractivity contribution >= 4 is 11.9 Å². The summed E-state index contributed by atoms with van der Waals surface area (Å²) in [6, 6.07) is -0.454. The van der Waals surface area contributed by atoms with Crippen molar-refractivity contribution < 1.29 is 27.9 Å². The Morgan fingerprint density at radius 3 is 2.18 bits per heavy atom. The molecule has 2 aliphatic rings. The largest absolute Gasteiger partial charge is 0.481 e. The lowest BCUT2D eigenvalue weighted by Crippen LogP contribution is -2.49. The Bertz CT molecular complexity index is 349. The second-order valence-corrected chi connectivity index (χ2v) is 4.74. The summed E-state index contributed by atoms with van der Waals surface area (Å²) >= 11 is 0.